The van der Waals surface area contributed by atoms with Crippen LogP contribution < -0.4 is 5.32 Å². The molecule has 9 heteroatoms. The van der Waals surface area contributed by atoms with Crippen molar-refractivity contribution >= 4 is 11.9 Å². The summed E-state index contributed by atoms with van der Waals surface area (Å²) < 4.78 is 27.1. The molecule has 0 spiro atoms. The summed E-state index contributed by atoms with van der Waals surface area (Å²) in [4.78, 5) is 23.9. The molecule has 0 aromatic carbocycles. The van der Waals surface area contributed by atoms with Crippen molar-refractivity contribution in [3.8, 4) is 0 Å². The molecule has 1 amide bonds. The van der Waals surface area contributed by atoms with Gasteiger partial charge in [-0.15, -0.1) is 0 Å². The highest BCUT2D eigenvalue weighted by Gasteiger charge is 2.54. The van der Waals surface area contributed by atoms with E-state index in [2.05, 4.69) is 11.9 Å². The molecule has 5 atom stereocenters. The smallest absolute Gasteiger partial charge is 0.366 e. The molecule has 2 saturated heterocycles. The Balaban J connectivity index is 2.33. The lowest BCUT2D eigenvalue weighted by Crippen LogP contribution is -2.63. The van der Waals surface area contributed by atoms with Gasteiger partial charge in [-0.3, -0.25) is 4.79 Å². The Morgan fingerprint density at radius 1 is 1.35 bits per heavy atom. The molecule has 0 saturated carbocycles. The van der Waals surface area contributed by atoms with Crippen LogP contribution >= 0.6 is 0 Å². The van der Waals surface area contributed by atoms with Gasteiger partial charge in [-0.1, -0.05) is 6.58 Å². The van der Waals surface area contributed by atoms with Crippen molar-refractivity contribution in [2.75, 3.05) is 20.8 Å². The molecule has 2 aliphatic heterocycles. The maximum absolute atomic E-state index is 12.2. The molecule has 2 N–H and O–H groups in total. The van der Waals surface area contributed by atoms with Gasteiger partial charge < -0.3 is 34.1 Å². The van der Waals surface area contributed by atoms with E-state index in [9.17, 15) is 14.7 Å². The molecule has 0 aromatic rings. The second-order valence-electron chi connectivity index (χ2n) is 6.90. The van der Waals surface area contributed by atoms with Gasteiger partial charge in [-0.25, -0.2) is 4.79 Å². The van der Waals surface area contributed by atoms with Crippen molar-refractivity contribution in [2.24, 2.45) is 0 Å². The molecule has 148 valence electrons. The van der Waals surface area contributed by atoms with Crippen molar-refractivity contribution in [3.63, 3.8) is 0 Å². The first kappa shape index (κ1) is 20.8. The van der Waals surface area contributed by atoms with Gasteiger partial charge in [-0.2, -0.15) is 0 Å². The zero-order valence-corrected chi connectivity index (χ0v) is 15.7. The highest BCUT2D eigenvalue weighted by molar-refractivity contribution is 5.79. The van der Waals surface area contributed by atoms with E-state index in [1.807, 2.05) is 0 Å². The molecular formula is C17H27NO8. The molecule has 0 aromatic heterocycles. The van der Waals surface area contributed by atoms with Gasteiger partial charge in [0, 0.05) is 20.5 Å². The van der Waals surface area contributed by atoms with Crippen molar-refractivity contribution in [1.29, 1.82) is 0 Å². The number of amides is 1. The van der Waals surface area contributed by atoms with E-state index >= 15 is 0 Å². The third-order valence-electron chi connectivity index (χ3n) is 4.49. The van der Waals surface area contributed by atoms with Crippen LogP contribution in [0.4, 0.5) is 0 Å². The number of rotatable bonds is 5. The van der Waals surface area contributed by atoms with Crippen LogP contribution in [0.3, 0.4) is 0 Å². The number of carbonyl (C=O) groups is 2. The van der Waals surface area contributed by atoms with E-state index in [-0.39, 0.29) is 18.9 Å². The van der Waals surface area contributed by atoms with Crippen molar-refractivity contribution in [2.45, 2.75) is 63.1 Å². The zero-order chi connectivity index (χ0) is 19.7. The lowest BCUT2D eigenvalue weighted by Gasteiger charge is -2.45. The summed E-state index contributed by atoms with van der Waals surface area (Å²) in [6, 6.07) is -0.734. The average Bonchev–Trinajstić information content (AvgIpc) is 2.94. The van der Waals surface area contributed by atoms with Crippen LogP contribution in [0, 0.1) is 0 Å². The third-order valence-corrected chi connectivity index (χ3v) is 4.49. The van der Waals surface area contributed by atoms with Crippen LogP contribution in [-0.4, -0.2) is 73.7 Å². The van der Waals surface area contributed by atoms with Crippen LogP contribution in [0.15, 0.2) is 12.2 Å². The molecular weight excluding hydrogens is 346 g/mol. The lowest BCUT2D eigenvalue weighted by atomic mass is 9.87. The van der Waals surface area contributed by atoms with Crippen LogP contribution in [0.2, 0.25) is 0 Å². The molecule has 2 rings (SSSR count). The van der Waals surface area contributed by atoms with Crippen molar-refractivity contribution in [3.05, 3.63) is 12.2 Å². The molecule has 9 nitrogen and oxygen atoms in total. The van der Waals surface area contributed by atoms with Crippen LogP contribution in [-0.2, 0) is 33.3 Å². The quantitative estimate of drug-likeness (QED) is 0.506. The standard InChI is InChI=1S/C17H27NO8/c1-9-7-17(23-6,15(21)22-5)26-14(12(9)18-10(2)19)13(20)11-8-24-16(3,4)25-11/h11-14,20H,1,7-8H2,2-6H3,(H,18,19)/t11-,12-,13-,14?,17+/m1/s1. The normalized spacial score (nSPS) is 35.0. The number of carbonyl (C=O) groups excluding carboxylic acids is 2. The van der Waals surface area contributed by atoms with Crippen LogP contribution in [0.1, 0.15) is 27.2 Å². The van der Waals surface area contributed by atoms with Gasteiger partial charge in [0.1, 0.15) is 18.3 Å². The van der Waals surface area contributed by atoms with Gasteiger partial charge in [0.05, 0.1) is 19.8 Å². The Bertz CT molecular complexity index is 577. The van der Waals surface area contributed by atoms with Crippen LogP contribution in [0.5, 0.6) is 0 Å². The minimum absolute atomic E-state index is 0.0299. The van der Waals surface area contributed by atoms with E-state index < -0.39 is 41.9 Å². The van der Waals surface area contributed by atoms with Gasteiger partial charge in [-0.05, 0) is 19.4 Å². The summed E-state index contributed by atoms with van der Waals surface area (Å²) >= 11 is 0. The number of aliphatic hydroxyl groups excluding tert-OH is 1. The molecule has 2 aliphatic rings. The fraction of sp³-hybridized carbons (Fsp3) is 0.765. The number of esters is 1. The Morgan fingerprint density at radius 2 is 2.00 bits per heavy atom. The number of hydrogen-bond acceptors (Lipinski definition) is 8. The number of aliphatic hydroxyl groups is 1. The summed E-state index contributed by atoms with van der Waals surface area (Å²) in [6.07, 6.45) is -3.02. The summed E-state index contributed by atoms with van der Waals surface area (Å²) in [5.41, 5.74) is 0.459. The fourth-order valence-electron chi connectivity index (χ4n) is 3.22. The van der Waals surface area contributed by atoms with E-state index in [0.717, 1.165) is 0 Å². The molecule has 0 aliphatic carbocycles. The average molecular weight is 373 g/mol. The Labute approximate surface area is 152 Å². The lowest BCUT2D eigenvalue weighted by molar-refractivity contribution is -0.282. The molecule has 0 bridgehead atoms. The predicted molar refractivity (Wildman–Crippen MR) is 88.9 cm³/mol. The molecule has 26 heavy (non-hydrogen) atoms. The van der Waals surface area contributed by atoms with E-state index in [1.54, 1.807) is 13.8 Å². The first-order chi connectivity index (χ1) is 12.0. The molecule has 2 fully saturated rings. The second-order valence-corrected chi connectivity index (χ2v) is 6.90. The number of ether oxygens (including phenoxy) is 5. The SMILES string of the molecule is C=C1C[C@@](OC)(C(=O)OC)OC([C@H](O)[C@H]2COC(C)(C)O2)[C@@H]1NC(C)=O. The minimum Gasteiger partial charge on any atom is -0.465 e. The molecule has 2 heterocycles. The predicted octanol–water partition coefficient (Wildman–Crippen LogP) is -0.136. The first-order valence-electron chi connectivity index (χ1n) is 8.31. The topological polar surface area (TPSA) is 113 Å². The summed E-state index contributed by atoms with van der Waals surface area (Å²) in [7, 11) is 2.50. The maximum Gasteiger partial charge on any atom is 0.366 e. The first-order valence-corrected chi connectivity index (χ1v) is 8.31. The van der Waals surface area contributed by atoms with Crippen LogP contribution in [0.25, 0.3) is 0 Å². The second kappa shape index (κ2) is 7.61. The zero-order valence-electron chi connectivity index (χ0n) is 15.7. The van der Waals surface area contributed by atoms with E-state index in [1.165, 1.54) is 21.1 Å². The Morgan fingerprint density at radius 3 is 2.46 bits per heavy atom. The Kier molecular flexibility index (Phi) is 6.09. The molecule has 1 unspecified atom stereocenters. The monoisotopic (exact) mass is 373 g/mol. The number of methoxy groups -OCH3 is 2. The summed E-state index contributed by atoms with van der Waals surface area (Å²) in [5, 5.41) is 13.6. The highest BCUT2D eigenvalue weighted by atomic mass is 16.8. The summed E-state index contributed by atoms with van der Waals surface area (Å²) in [6.45, 7) is 8.85. The molecule has 0 radical (unpaired) electrons. The van der Waals surface area contributed by atoms with E-state index in [4.69, 9.17) is 23.7 Å². The highest BCUT2D eigenvalue weighted by Crippen LogP contribution is 2.37. The maximum atomic E-state index is 12.2. The number of hydrogen-bond donors (Lipinski definition) is 2. The third kappa shape index (κ3) is 4.07. The largest absolute Gasteiger partial charge is 0.465 e. The van der Waals surface area contributed by atoms with Gasteiger partial charge in [0.15, 0.2) is 5.79 Å². The van der Waals surface area contributed by atoms with Gasteiger partial charge >= 0.3 is 5.97 Å². The fourth-order valence-corrected chi connectivity index (χ4v) is 3.22. The van der Waals surface area contributed by atoms with Gasteiger partial charge in [0.2, 0.25) is 5.91 Å². The summed E-state index contributed by atoms with van der Waals surface area (Å²) in [5.74, 6) is -3.71. The minimum atomic E-state index is -1.76. The van der Waals surface area contributed by atoms with Gasteiger partial charge in [0.25, 0.3) is 5.79 Å². The van der Waals surface area contributed by atoms with Crippen molar-refractivity contribution in [1.82, 2.24) is 5.32 Å². The Hall–Kier alpha value is -1.52. The van der Waals surface area contributed by atoms with E-state index in [0.29, 0.717) is 5.57 Å². The van der Waals surface area contributed by atoms with Crippen molar-refractivity contribution < 1.29 is 38.4 Å². The number of nitrogens with one attached hydrogen (secondary N) is 1.